The SMILES string of the molecule is CCNC(=O)[C@@H](Cc1ccccc1)N(Cc1cccc(Cl)c1)C(=O)CCc1ccc(C(C)(C)C)cc1. The molecule has 0 heterocycles. The third-order valence-corrected chi connectivity index (χ3v) is 6.55. The molecule has 0 fully saturated rings. The molecule has 0 spiro atoms. The summed E-state index contributed by atoms with van der Waals surface area (Å²) in [6.45, 7) is 9.27. The number of aryl methyl sites for hydroxylation is 1. The Kier molecular flexibility index (Phi) is 9.72. The average Bonchev–Trinajstić information content (AvgIpc) is 2.85. The molecule has 2 amide bonds. The highest BCUT2D eigenvalue weighted by Gasteiger charge is 2.30. The van der Waals surface area contributed by atoms with Crippen molar-refractivity contribution in [1.82, 2.24) is 10.2 Å². The fourth-order valence-corrected chi connectivity index (χ4v) is 4.46. The number of benzene rings is 3. The first-order chi connectivity index (χ1) is 17.2. The predicted octanol–water partition coefficient (Wildman–Crippen LogP) is 6.35. The van der Waals surface area contributed by atoms with Gasteiger partial charge in [-0.1, -0.05) is 99.1 Å². The molecule has 3 aromatic rings. The monoisotopic (exact) mass is 504 g/mol. The van der Waals surface area contributed by atoms with Crippen LogP contribution in [-0.4, -0.2) is 29.3 Å². The number of amides is 2. The molecule has 5 heteroatoms. The zero-order chi connectivity index (χ0) is 26.1. The zero-order valence-corrected chi connectivity index (χ0v) is 22.5. The minimum Gasteiger partial charge on any atom is -0.355 e. The topological polar surface area (TPSA) is 49.4 Å². The average molecular weight is 505 g/mol. The van der Waals surface area contributed by atoms with Crippen LogP contribution in [-0.2, 0) is 34.4 Å². The van der Waals surface area contributed by atoms with E-state index in [1.54, 1.807) is 4.90 Å². The standard InChI is InChI=1S/C31H37ClN2O2/c1-5-33-30(36)28(21-24-10-7-6-8-11-24)34(22-25-12-9-13-27(32)20-25)29(35)19-16-23-14-17-26(18-15-23)31(2,3)4/h6-15,17-18,20,28H,5,16,19,21-22H2,1-4H3,(H,33,36)/t28-/m1/s1. The Balaban J connectivity index is 1.86. The Hall–Kier alpha value is -3.11. The summed E-state index contributed by atoms with van der Waals surface area (Å²) in [5.41, 5.74) is 4.36. The summed E-state index contributed by atoms with van der Waals surface area (Å²) >= 11 is 6.23. The lowest BCUT2D eigenvalue weighted by Crippen LogP contribution is -2.50. The van der Waals surface area contributed by atoms with Crippen LogP contribution in [0.15, 0.2) is 78.9 Å². The fourth-order valence-electron chi connectivity index (χ4n) is 4.24. The van der Waals surface area contributed by atoms with Crippen molar-refractivity contribution in [1.29, 1.82) is 0 Å². The lowest BCUT2D eigenvalue weighted by atomic mass is 9.86. The van der Waals surface area contributed by atoms with E-state index < -0.39 is 6.04 Å². The van der Waals surface area contributed by atoms with Gasteiger partial charge in [0.15, 0.2) is 0 Å². The smallest absolute Gasteiger partial charge is 0.243 e. The molecule has 0 aromatic heterocycles. The Morgan fingerprint density at radius 3 is 2.17 bits per heavy atom. The molecule has 0 aliphatic carbocycles. The van der Waals surface area contributed by atoms with E-state index in [0.717, 1.165) is 16.7 Å². The number of likely N-dealkylation sites (N-methyl/N-ethyl adjacent to an activating group) is 1. The van der Waals surface area contributed by atoms with Crippen LogP contribution >= 0.6 is 11.6 Å². The summed E-state index contributed by atoms with van der Waals surface area (Å²) < 4.78 is 0. The van der Waals surface area contributed by atoms with E-state index in [2.05, 4.69) is 50.4 Å². The number of rotatable bonds is 10. The predicted molar refractivity (Wildman–Crippen MR) is 148 cm³/mol. The van der Waals surface area contributed by atoms with Gasteiger partial charge in [-0.3, -0.25) is 9.59 Å². The van der Waals surface area contributed by atoms with Gasteiger partial charge in [-0.2, -0.15) is 0 Å². The molecule has 4 nitrogen and oxygen atoms in total. The van der Waals surface area contributed by atoms with Gasteiger partial charge in [0.05, 0.1) is 0 Å². The summed E-state index contributed by atoms with van der Waals surface area (Å²) in [4.78, 5) is 28.6. The highest BCUT2D eigenvalue weighted by atomic mass is 35.5. The van der Waals surface area contributed by atoms with Crippen molar-refractivity contribution >= 4 is 23.4 Å². The van der Waals surface area contributed by atoms with Gasteiger partial charge in [-0.25, -0.2) is 0 Å². The third kappa shape index (κ3) is 7.96. The quantitative estimate of drug-likeness (QED) is 0.350. The van der Waals surface area contributed by atoms with Crippen LogP contribution in [0.1, 0.15) is 56.4 Å². The molecule has 1 atom stereocenters. The minimum atomic E-state index is -0.623. The third-order valence-electron chi connectivity index (χ3n) is 6.31. The summed E-state index contributed by atoms with van der Waals surface area (Å²) in [7, 11) is 0. The van der Waals surface area contributed by atoms with E-state index in [0.29, 0.717) is 37.4 Å². The van der Waals surface area contributed by atoms with Crippen LogP contribution in [0.5, 0.6) is 0 Å². The normalized spacial score (nSPS) is 12.1. The Morgan fingerprint density at radius 1 is 0.889 bits per heavy atom. The second kappa shape index (κ2) is 12.7. The van der Waals surface area contributed by atoms with Crippen molar-refractivity contribution in [3.8, 4) is 0 Å². The highest BCUT2D eigenvalue weighted by Crippen LogP contribution is 2.23. The zero-order valence-electron chi connectivity index (χ0n) is 21.8. The maximum atomic E-state index is 13.7. The maximum Gasteiger partial charge on any atom is 0.243 e. The van der Waals surface area contributed by atoms with Crippen LogP contribution in [0, 0.1) is 0 Å². The molecule has 190 valence electrons. The van der Waals surface area contributed by atoms with Crippen molar-refractivity contribution < 1.29 is 9.59 Å². The first kappa shape index (κ1) is 27.5. The maximum absolute atomic E-state index is 13.7. The molecule has 0 aliphatic heterocycles. The lowest BCUT2D eigenvalue weighted by Gasteiger charge is -2.31. The molecular weight excluding hydrogens is 468 g/mol. The second-order valence-electron chi connectivity index (χ2n) is 10.2. The molecule has 0 radical (unpaired) electrons. The van der Waals surface area contributed by atoms with Crippen LogP contribution < -0.4 is 5.32 Å². The number of halogens is 1. The van der Waals surface area contributed by atoms with Crippen molar-refractivity contribution in [2.75, 3.05) is 6.54 Å². The largest absolute Gasteiger partial charge is 0.355 e. The van der Waals surface area contributed by atoms with Crippen molar-refractivity contribution in [3.63, 3.8) is 0 Å². The first-order valence-electron chi connectivity index (χ1n) is 12.6. The van der Waals surface area contributed by atoms with Crippen molar-refractivity contribution in [3.05, 3.63) is 106 Å². The molecule has 3 rings (SSSR count). The van der Waals surface area contributed by atoms with E-state index in [1.165, 1.54) is 5.56 Å². The molecule has 0 unspecified atom stereocenters. The van der Waals surface area contributed by atoms with Gasteiger partial charge in [0, 0.05) is 31.0 Å². The van der Waals surface area contributed by atoms with Gasteiger partial charge < -0.3 is 10.2 Å². The molecule has 3 aromatic carbocycles. The number of nitrogens with one attached hydrogen (secondary N) is 1. The van der Waals surface area contributed by atoms with Crippen LogP contribution in [0.25, 0.3) is 0 Å². The fraction of sp³-hybridized carbons (Fsp3) is 0.355. The number of carbonyl (C=O) groups excluding carboxylic acids is 2. The van der Waals surface area contributed by atoms with Crippen LogP contribution in [0.2, 0.25) is 5.02 Å². The van der Waals surface area contributed by atoms with Gasteiger partial charge in [0.2, 0.25) is 11.8 Å². The first-order valence-corrected chi connectivity index (χ1v) is 13.0. The van der Waals surface area contributed by atoms with E-state index in [1.807, 2.05) is 61.5 Å². The molecule has 0 bridgehead atoms. The summed E-state index contributed by atoms with van der Waals surface area (Å²) in [5.74, 6) is -0.201. The molecule has 0 aliphatic rings. The van der Waals surface area contributed by atoms with Crippen LogP contribution in [0.3, 0.4) is 0 Å². The Morgan fingerprint density at radius 2 is 1.56 bits per heavy atom. The van der Waals surface area contributed by atoms with Crippen molar-refractivity contribution in [2.45, 2.75) is 65.0 Å². The molecule has 0 saturated carbocycles. The Labute approximate surface area is 220 Å². The van der Waals surface area contributed by atoms with Gasteiger partial charge in [-0.15, -0.1) is 0 Å². The van der Waals surface area contributed by atoms with Crippen molar-refractivity contribution in [2.24, 2.45) is 0 Å². The van der Waals surface area contributed by atoms with E-state index in [4.69, 9.17) is 11.6 Å². The van der Waals surface area contributed by atoms with Gasteiger partial charge in [0.25, 0.3) is 0 Å². The molecular formula is C31H37ClN2O2. The number of carbonyl (C=O) groups is 2. The Bertz CT molecular complexity index is 1140. The van der Waals surface area contributed by atoms with E-state index in [-0.39, 0.29) is 17.2 Å². The summed E-state index contributed by atoms with van der Waals surface area (Å²) in [6.07, 6.45) is 1.38. The number of hydrogen-bond donors (Lipinski definition) is 1. The second-order valence-corrected chi connectivity index (χ2v) is 10.6. The van der Waals surface area contributed by atoms with Crippen LogP contribution in [0.4, 0.5) is 0 Å². The van der Waals surface area contributed by atoms with E-state index in [9.17, 15) is 9.59 Å². The van der Waals surface area contributed by atoms with Gasteiger partial charge in [-0.05, 0) is 53.1 Å². The van der Waals surface area contributed by atoms with Gasteiger partial charge in [0.1, 0.15) is 6.04 Å². The molecule has 1 N–H and O–H groups in total. The van der Waals surface area contributed by atoms with E-state index >= 15 is 0 Å². The van der Waals surface area contributed by atoms with Gasteiger partial charge >= 0.3 is 0 Å². The number of hydrogen-bond acceptors (Lipinski definition) is 2. The molecule has 36 heavy (non-hydrogen) atoms. The summed E-state index contributed by atoms with van der Waals surface area (Å²) in [5, 5.41) is 3.54. The summed E-state index contributed by atoms with van der Waals surface area (Å²) in [6, 6.07) is 25.2. The number of nitrogens with zero attached hydrogens (tertiary/aromatic N) is 1. The molecule has 0 saturated heterocycles. The minimum absolute atomic E-state index is 0.0537. The highest BCUT2D eigenvalue weighted by molar-refractivity contribution is 6.30. The lowest BCUT2D eigenvalue weighted by molar-refractivity contribution is -0.141.